The van der Waals surface area contributed by atoms with Crippen LogP contribution in [0.3, 0.4) is 0 Å². The first-order valence-electron chi connectivity index (χ1n) is 5.55. The molecule has 0 saturated carbocycles. The fourth-order valence-corrected chi connectivity index (χ4v) is 2.53. The van der Waals surface area contributed by atoms with Gasteiger partial charge in [0.2, 0.25) is 10.0 Å². The zero-order chi connectivity index (χ0) is 16.3. The van der Waals surface area contributed by atoms with Gasteiger partial charge in [-0.25, -0.2) is 8.42 Å². The van der Waals surface area contributed by atoms with Crippen molar-refractivity contribution in [3.05, 3.63) is 28.3 Å². The topological polar surface area (TPSA) is 110 Å². The van der Waals surface area contributed by atoms with Crippen LogP contribution in [0, 0.1) is 10.1 Å². The number of alkyl halides is 3. The van der Waals surface area contributed by atoms with Gasteiger partial charge in [0, 0.05) is 18.6 Å². The third-order valence-electron chi connectivity index (χ3n) is 2.33. The normalized spacial score (nSPS) is 12.1. The number of hydrogen-bond acceptors (Lipinski definition) is 5. The Hall–Kier alpha value is -2.04. The maximum absolute atomic E-state index is 11.9. The Morgan fingerprint density at radius 3 is 2.48 bits per heavy atom. The molecule has 1 rings (SSSR count). The summed E-state index contributed by atoms with van der Waals surface area (Å²) in [4.78, 5) is 9.73. The summed E-state index contributed by atoms with van der Waals surface area (Å²) in [7, 11) is -4.15. The molecule has 0 fully saturated rings. The Morgan fingerprint density at radius 2 is 1.95 bits per heavy atom. The number of halogens is 3. The standard InChI is InChI=1S/C10H11F3N2O5S/c11-10(12,13)4-1-5-21(19,20)14-8-6-7(15(17)18)2-3-9(8)16/h2-3,6,14,16H,1,4-5H2. The van der Waals surface area contributed by atoms with Crippen molar-refractivity contribution >= 4 is 21.4 Å². The minimum absolute atomic E-state index is 0.462. The van der Waals surface area contributed by atoms with E-state index in [1.807, 2.05) is 4.72 Å². The van der Waals surface area contributed by atoms with Crippen LogP contribution < -0.4 is 4.72 Å². The van der Waals surface area contributed by atoms with Crippen molar-refractivity contribution in [1.29, 1.82) is 0 Å². The molecule has 0 aliphatic rings. The Kier molecular flexibility index (Phi) is 4.99. The average molecular weight is 328 g/mol. The molecule has 0 heterocycles. The molecule has 1 aromatic carbocycles. The molecule has 0 aliphatic heterocycles. The van der Waals surface area contributed by atoms with Crippen molar-refractivity contribution in [2.75, 3.05) is 10.5 Å². The highest BCUT2D eigenvalue weighted by Gasteiger charge is 2.27. The highest BCUT2D eigenvalue weighted by Crippen LogP contribution is 2.29. The van der Waals surface area contributed by atoms with Crippen LogP contribution in [0.5, 0.6) is 5.75 Å². The number of rotatable bonds is 6. The number of nitro groups is 1. The lowest BCUT2D eigenvalue weighted by atomic mass is 10.2. The zero-order valence-corrected chi connectivity index (χ0v) is 11.2. The molecule has 0 aromatic heterocycles. The van der Waals surface area contributed by atoms with Gasteiger partial charge in [-0.3, -0.25) is 14.8 Å². The molecular formula is C10H11F3N2O5S. The Bertz CT molecular complexity index is 630. The van der Waals surface area contributed by atoms with Crippen molar-refractivity contribution in [3.8, 4) is 5.75 Å². The average Bonchev–Trinajstić information content (AvgIpc) is 2.29. The predicted molar refractivity (Wildman–Crippen MR) is 67.5 cm³/mol. The zero-order valence-electron chi connectivity index (χ0n) is 10.4. The van der Waals surface area contributed by atoms with Crippen LogP contribution in [-0.4, -0.2) is 30.4 Å². The van der Waals surface area contributed by atoms with Gasteiger partial charge < -0.3 is 5.11 Å². The molecule has 118 valence electrons. The van der Waals surface area contributed by atoms with Gasteiger partial charge in [-0.15, -0.1) is 0 Å². The molecule has 0 bridgehead atoms. The maximum atomic E-state index is 11.9. The van der Waals surface area contributed by atoms with Crippen LogP contribution >= 0.6 is 0 Å². The number of aromatic hydroxyl groups is 1. The van der Waals surface area contributed by atoms with E-state index in [9.17, 15) is 36.8 Å². The molecule has 2 N–H and O–H groups in total. The molecule has 0 spiro atoms. The number of nitrogens with one attached hydrogen (secondary N) is 1. The molecule has 11 heteroatoms. The number of phenolic OH excluding ortho intramolecular Hbond substituents is 1. The molecule has 0 saturated heterocycles. The number of phenols is 1. The van der Waals surface area contributed by atoms with Crippen LogP contribution in [0.2, 0.25) is 0 Å². The van der Waals surface area contributed by atoms with E-state index in [0.29, 0.717) is 0 Å². The molecule has 0 radical (unpaired) electrons. The third-order valence-corrected chi connectivity index (χ3v) is 3.69. The summed E-state index contributed by atoms with van der Waals surface area (Å²) >= 11 is 0. The van der Waals surface area contributed by atoms with E-state index in [4.69, 9.17) is 0 Å². The number of non-ortho nitro benzene ring substituents is 1. The number of hydrogen-bond donors (Lipinski definition) is 2. The van der Waals surface area contributed by atoms with Crippen LogP contribution in [0.25, 0.3) is 0 Å². The van der Waals surface area contributed by atoms with Crippen LogP contribution in [0.15, 0.2) is 18.2 Å². The molecular weight excluding hydrogens is 317 g/mol. The molecule has 21 heavy (non-hydrogen) atoms. The minimum atomic E-state index is -4.47. The van der Waals surface area contributed by atoms with Gasteiger partial charge in [-0.2, -0.15) is 13.2 Å². The number of nitrogens with zero attached hydrogens (tertiary/aromatic N) is 1. The van der Waals surface area contributed by atoms with Gasteiger partial charge in [-0.1, -0.05) is 0 Å². The first kappa shape index (κ1) is 17.0. The number of anilines is 1. The van der Waals surface area contributed by atoms with Crippen molar-refractivity contribution < 1.29 is 31.6 Å². The van der Waals surface area contributed by atoms with Gasteiger partial charge in [0.15, 0.2) is 0 Å². The molecule has 7 nitrogen and oxygen atoms in total. The van der Waals surface area contributed by atoms with Gasteiger partial charge in [0.05, 0.1) is 16.4 Å². The van der Waals surface area contributed by atoms with Gasteiger partial charge in [0.1, 0.15) is 5.75 Å². The Balaban J connectivity index is 2.79. The van der Waals surface area contributed by atoms with Crippen molar-refractivity contribution in [2.45, 2.75) is 19.0 Å². The predicted octanol–water partition coefficient (Wildman–Crippen LogP) is 2.38. The number of nitro benzene ring substituents is 1. The van der Waals surface area contributed by atoms with Crippen LogP contribution in [0.1, 0.15) is 12.8 Å². The summed E-state index contributed by atoms with van der Waals surface area (Å²) in [5.41, 5.74) is -0.933. The molecule has 0 unspecified atom stereocenters. The van der Waals surface area contributed by atoms with Crippen molar-refractivity contribution in [3.63, 3.8) is 0 Å². The van der Waals surface area contributed by atoms with E-state index >= 15 is 0 Å². The summed E-state index contributed by atoms with van der Waals surface area (Å²) in [6.45, 7) is 0. The summed E-state index contributed by atoms with van der Waals surface area (Å²) < 4.78 is 60.7. The summed E-state index contributed by atoms with van der Waals surface area (Å²) in [5, 5.41) is 19.9. The van der Waals surface area contributed by atoms with E-state index in [2.05, 4.69) is 0 Å². The SMILES string of the molecule is O=[N+]([O-])c1ccc(O)c(NS(=O)(=O)CCCC(F)(F)F)c1. The lowest BCUT2D eigenvalue weighted by Crippen LogP contribution is -2.19. The van der Waals surface area contributed by atoms with Crippen molar-refractivity contribution in [1.82, 2.24) is 0 Å². The van der Waals surface area contributed by atoms with Crippen LogP contribution in [-0.2, 0) is 10.0 Å². The fraction of sp³-hybridized carbons (Fsp3) is 0.400. The smallest absolute Gasteiger partial charge is 0.389 e. The lowest BCUT2D eigenvalue weighted by molar-refractivity contribution is -0.384. The minimum Gasteiger partial charge on any atom is -0.506 e. The lowest BCUT2D eigenvalue weighted by Gasteiger charge is -2.10. The van der Waals surface area contributed by atoms with Gasteiger partial charge in [0.25, 0.3) is 5.69 Å². The summed E-state index contributed by atoms with van der Waals surface area (Å²) in [6.07, 6.45) is -6.40. The Labute approximate surface area is 117 Å². The third kappa shape index (κ3) is 5.85. The van der Waals surface area contributed by atoms with Crippen LogP contribution in [0.4, 0.5) is 24.5 Å². The number of sulfonamides is 1. The first-order valence-corrected chi connectivity index (χ1v) is 7.20. The van der Waals surface area contributed by atoms with Gasteiger partial charge in [-0.05, 0) is 12.5 Å². The molecule has 0 amide bonds. The van der Waals surface area contributed by atoms with E-state index in [0.717, 1.165) is 18.2 Å². The molecule has 0 aliphatic carbocycles. The van der Waals surface area contributed by atoms with Gasteiger partial charge >= 0.3 is 6.18 Å². The second-order valence-corrected chi connectivity index (χ2v) is 5.94. The quantitative estimate of drug-likeness (QED) is 0.473. The fourth-order valence-electron chi connectivity index (χ4n) is 1.40. The van der Waals surface area contributed by atoms with Crippen molar-refractivity contribution in [2.24, 2.45) is 0 Å². The largest absolute Gasteiger partial charge is 0.506 e. The first-order chi connectivity index (χ1) is 9.50. The molecule has 1 aromatic rings. The monoisotopic (exact) mass is 328 g/mol. The number of benzene rings is 1. The summed E-state index contributed by atoms with van der Waals surface area (Å²) in [5.74, 6) is -1.39. The highest BCUT2D eigenvalue weighted by atomic mass is 32.2. The van der Waals surface area contributed by atoms with E-state index in [1.54, 1.807) is 0 Å². The second kappa shape index (κ2) is 6.16. The van der Waals surface area contributed by atoms with E-state index in [-0.39, 0.29) is 0 Å². The molecule has 0 atom stereocenters. The highest BCUT2D eigenvalue weighted by molar-refractivity contribution is 7.92. The second-order valence-electron chi connectivity index (χ2n) is 4.10. The van der Waals surface area contributed by atoms with E-state index in [1.165, 1.54) is 0 Å². The maximum Gasteiger partial charge on any atom is 0.389 e. The van der Waals surface area contributed by atoms with E-state index < -0.39 is 56.8 Å². The Morgan fingerprint density at radius 1 is 1.33 bits per heavy atom. The summed E-state index contributed by atoms with van der Waals surface area (Å²) in [6, 6.07) is 2.64.